The van der Waals surface area contributed by atoms with Crippen molar-refractivity contribution in [2.45, 2.75) is 57.7 Å². The summed E-state index contributed by atoms with van der Waals surface area (Å²) in [5, 5.41) is 0. The van der Waals surface area contributed by atoms with Gasteiger partial charge in [-0.15, -0.1) is 0 Å². The van der Waals surface area contributed by atoms with Crippen LogP contribution in [0, 0.1) is 11.8 Å². The first-order chi connectivity index (χ1) is 16.0. The van der Waals surface area contributed by atoms with Gasteiger partial charge in [-0.25, -0.2) is 4.79 Å². The molecule has 5 nitrogen and oxygen atoms in total. The molecule has 0 radical (unpaired) electrons. The van der Waals surface area contributed by atoms with Crippen molar-refractivity contribution in [3.63, 3.8) is 0 Å². The van der Waals surface area contributed by atoms with Crippen LogP contribution in [0.4, 0.5) is 0 Å². The third-order valence-corrected chi connectivity index (χ3v) is 6.57. The average Bonchev–Trinajstić information content (AvgIpc) is 3.33. The van der Waals surface area contributed by atoms with Crippen LogP contribution in [0.25, 0.3) is 11.1 Å². The fraction of sp³-hybridized carbons (Fsp3) is 0.393. The van der Waals surface area contributed by atoms with E-state index in [1.807, 2.05) is 48.5 Å². The van der Waals surface area contributed by atoms with Crippen LogP contribution in [-0.2, 0) is 19.1 Å². The van der Waals surface area contributed by atoms with Crippen molar-refractivity contribution in [1.29, 1.82) is 0 Å². The molecule has 2 aliphatic rings. The number of rotatable bonds is 9. The lowest BCUT2D eigenvalue weighted by Gasteiger charge is -2.20. The molecule has 4 atom stereocenters. The number of esters is 2. The highest BCUT2D eigenvalue weighted by molar-refractivity contribution is 5.91. The minimum absolute atomic E-state index is 0.0598. The molecule has 0 spiro atoms. The molecule has 5 heteroatoms. The second-order valence-electron chi connectivity index (χ2n) is 8.88. The van der Waals surface area contributed by atoms with Gasteiger partial charge in [-0.3, -0.25) is 9.59 Å². The van der Waals surface area contributed by atoms with Crippen LogP contribution in [0.15, 0.2) is 66.7 Å². The van der Waals surface area contributed by atoms with Gasteiger partial charge in [-0.2, -0.15) is 0 Å². The molecule has 33 heavy (non-hydrogen) atoms. The predicted octanol–water partition coefficient (Wildman–Crippen LogP) is 5.54. The molecule has 1 aliphatic heterocycles. The van der Waals surface area contributed by atoms with Crippen molar-refractivity contribution in [1.82, 2.24) is 0 Å². The second-order valence-corrected chi connectivity index (χ2v) is 8.88. The van der Waals surface area contributed by atoms with Crippen molar-refractivity contribution in [3.8, 4) is 11.1 Å². The van der Waals surface area contributed by atoms with E-state index in [4.69, 9.17) is 9.47 Å². The number of hydrogen-bond donors (Lipinski definition) is 0. The average molecular weight is 447 g/mol. The van der Waals surface area contributed by atoms with E-state index in [0.717, 1.165) is 30.4 Å². The van der Waals surface area contributed by atoms with E-state index >= 15 is 0 Å². The molecule has 1 saturated carbocycles. The minimum Gasteiger partial charge on any atom is -0.462 e. The van der Waals surface area contributed by atoms with E-state index in [1.165, 1.54) is 0 Å². The first kappa shape index (κ1) is 23.0. The van der Waals surface area contributed by atoms with Crippen LogP contribution in [0.2, 0.25) is 0 Å². The SMILES string of the molecule is CCCCCC(=O)C=C[C@@H]1[C@@H]2CC(=O)O[C@@H]2C[C@H]1OC(=O)c1ccc(-c2ccccc2)cc1. The van der Waals surface area contributed by atoms with Crippen LogP contribution < -0.4 is 0 Å². The van der Waals surface area contributed by atoms with Crippen LogP contribution in [0.5, 0.6) is 0 Å². The Kier molecular flexibility index (Phi) is 7.38. The second kappa shape index (κ2) is 10.6. The lowest BCUT2D eigenvalue weighted by Crippen LogP contribution is -2.25. The Morgan fingerprint density at radius 1 is 1.03 bits per heavy atom. The zero-order valence-electron chi connectivity index (χ0n) is 18.9. The zero-order valence-corrected chi connectivity index (χ0v) is 18.9. The fourth-order valence-electron chi connectivity index (χ4n) is 4.78. The number of carbonyl (C=O) groups is 3. The maximum absolute atomic E-state index is 12.9. The molecule has 4 rings (SSSR count). The molecule has 0 amide bonds. The van der Waals surface area contributed by atoms with Gasteiger partial charge in [0.1, 0.15) is 12.2 Å². The van der Waals surface area contributed by atoms with E-state index in [9.17, 15) is 14.4 Å². The molecule has 1 heterocycles. The van der Waals surface area contributed by atoms with Crippen molar-refractivity contribution in [2.24, 2.45) is 11.8 Å². The summed E-state index contributed by atoms with van der Waals surface area (Å²) < 4.78 is 11.3. The molecule has 1 aliphatic carbocycles. The number of unbranched alkanes of at least 4 members (excludes halogenated alkanes) is 2. The van der Waals surface area contributed by atoms with E-state index in [0.29, 0.717) is 24.8 Å². The van der Waals surface area contributed by atoms with Gasteiger partial charge in [0, 0.05) is 24.7 Å². The van der Waals surface area contributed by atoms with Crippen molar-refractivity contribution in [3.05, 3.63) is 72.3 Å². The molecule has 0 unspecified atom stereocenters. The first-order valence-electron chi connectivity index (χ1n) is 11.8. The summed E-state index contributed by atoms with van der Waals surface area (Å²) in [6, 6.07) is 17.3. The normalized spacial score (nSPS) is 24.0. The Labute approximate surface area is 194 Å². The molecule has 2 fully saturated rings. The number of fused-ring (bicyclic) bond motifs is 1. The number of ether oxygens (including phenoxy) is 2. The summed E-state index contributed by atoms with van der Waals surface area (Å²) in [7, 11) is 0. The summed E-state index contributed by atoms with van der Waals surface area (Å²) in [4.78, 5) is 36.9. The van der Waals surface area contributed by atoms with Crippen LogP contribution >= 0.6 is 0 Å². The summed E-state index contributed by atoms with van der Waals surface area (Å²) >= 11 is 0. The molecule has 1 saturated heterocycles. The smallest absolute Gasteiger partial charge is 0.338 e. The number of carbonyl (C=O) groups excluding carboxylic acids is 3. The zero-order chi connectivity index (χ0) is 23.2. The molecule has 0 bridgehead atoms. The summed E-state index contributed by atoms with van der Waals surface area (Å²) in [5.41, 5.74) is 2.58. The van der Waals surface area contributed by atoms with E-state index in [-0.39, 0.29) is 29.7 Å². The van der Waals surface area contributed by atoms with E-state index in [2.05, 4.69) is 6.92 Å². The Bertz CT molecular complexity index is 1010. The molecule has 172 valence electrons. The third kappa shape index (κ3) is 5.59. The van der Waals surface area contributed by atoms with Gasteiger partial charge in [-0.1, -0.05) is 68.3 Å². The minimum atomic E-state index is -0.422. The van der Waals surface area contributed by atoms with Gasteiger partial charge >= 0.3 is 11.9 Å². The first-order valence-corrected chi connectivity index (χ1v) is 11.8. The number of benzene rings is 2. The Balaban J connectivity index is 1.43. The molecule has 0 N–H and O–H groups in total. The molecular formula is C28H30O5. The highest BCUT2D eigenvalue weighted by Gasteiger charge is 2.50. The van der Waals surface area contributed by atoms with Gasteiger partial charge in [-0.05, 0) is 35.8 Å². The summed E-state index contributed by atoms with van der Waals surface area (Å²) in [6.45, 7) is 2.10. The molecule has 0 aromatic heterocycles. The van der Waals surface area contributed by atoms with Crippen molar-refractivity contribution >= 4 is 17.7 Å². The van der Waals surface area contributed by atoms with Crippen LogP contribution in [0.1, 0.15) is 55.8 Å². The van der Waals surface area contributed by atoms with Gasteiger partial charge in [0.25, 0.3) is 0 Å². The quantitative estimate of drug-likeness (QED) is 0.287. The van der Waals surface area contributed by atoms with Crippen LogP contribution in [-0.4, -0.2) is 29.9 Å². The lowest BCUT2D eigenvalue weighted by atomic mass is 9.91. The lowest BCUT2D eigenvalue weighted by molar-refractivity contribution is -0.141. The maximum Gasteiger partial charge on any atom is 0.338 e. The maximum atomic E-state index is 12.9. The van der Waals surface area contributed by atoms with E-state index < -0.39 is 12.1 Å². The van der Waals surface area contributed by atoms with Crippen LogP contribution in [0.3, 0.4) is 0 Å². The number of hydrogen-bond acceptors (Lipinski definition) is 5. The highest BCUT2D eigenvalue weighted by Crippen LogP contribution is 2.43. The monoisotopic (exact) mass is 446 g/mol. The summed E-state index contributed by atoms with van der Waals surface area (Å²) in [5.74, 6) is -0.823. The Morgan fingerprint density at radius 2 is 1.76 bits per heavy atom. The van der Waals surface area contributed by atoms with E-state index in [1.54, 1.807) is 18.2 Å². The Morgan fingerprint density at radius 3 is 2.48 bits per heavy atom. The highest BCUT2D eigenvalue weighted by atomic mass is 16.6. The Hall–Kier alpha value is -3.21. The van der Waals surface area contributed by atoms with Crippen molar-refractivity contribution in [2.75, 3.05) is 0 Å². The predicted molar refractivity (Wildman–Crippen MR) is 125 cm³/mol. The van der Waals surface area contributed by atoms with Gasteiger partial charge in [0.2, 0.25) is 0 Å². The molecule has 2 aromatic carbocycles. The number of ketones is 1. The van der Waals surface area contributed by atoms with Gasteiger partial charge < -0.3 is 9.47 Å². The van der Waals surface area contributed by atoms with Gasteiger partial charge in [0.05, 0.1) is 12.0 Å². The summed E-state index contributed by atoms with van der Waals surface area (Å²) in [6.07, 6.45) is 6.97. The topological polar surface area (TPSA) is 69.7 Å². The fourth-order valence-corrected chi connectivity index (χ4v) is 4.78. The standard InChI is InChI=1S/C28H30O5/c1-2-3-5-10-22(29)15-16-23-24-17-27(30)32-26(24)18-25(23)33-28(31)21-13-11-20(12-14-21)19-8-6-4-7-9-19/h4,6-9,11-16,23-26H,2-3,5,10,17-18H2,1H3/t23-,24+,25-,26-/m1/s1. The largest absolute Gasteiger partial charge is 0.462 e. The molecule has 2 aromatic rings. The molecular weight excluding hydrogens is 416 g/mol. The number of allylic oxidation sites excluding steroid dienone is 1. The third-order valence-electron chi connectivity index (χ3n) is 6.57. The van der Waals surface area contributed by atoms with Crippen molar-refractivity contribution < 1.29 is 23.9 Å². The van der Waals surface area contributed by atoms with Gasteiger partial charge in [0.15, 0.2) is 5.78 Å².